The number of rotatable bonds is 5. The third kappa shape index (κ3) is 2.89. The van der Waals surface area contributed by atoms with Gasteiger partial charge in [-0.2, -0.15) is 0 Å². The van der Waals surface area contributed by atoms with Crippen molar-refractivity contribution in [3.63, 3.8) is 0 Å². The van der Waals surface area contributed by atoms with Gasteiger partial charge in [0.2, 0.25) is 0 Å². The van der Waals surface area contributed by atoms with Gasteiger partial charge in [-0.1, -0.05) is 12.7 Å². The molecule has 0 bridgehead atoms. The van der Waals surface area contributed by atoms with E-state index in [0.717, 1.165) is 28.0 Å². The maximum Gasteiger partial charge on any atom is 0.164 e. The van der Waals surface area contributed by atoms with E-state index in [1.54, 1.807) is 20.3 Å². The zero-order valence-electron chi connectivity index (χ0n) is 18.6. The van der Waals surface area contributed by atoms with Crippen molar-refractivity contribution in [3.8, 4) is 28.7 Å². The summed E-state index contributed by atoms with van der Waals surface area (Å²) in [5.74, 6) is 2.91. The fourth-order valence-electron chi connectivity index (χ4n) is 5.20. The first-order chi connectivity index (χ1) is 15.4. The van der Waals surface area contributed by atoms with Crippen LogP contribution in [0.25, 0.3) is 0 Å². The fraction of sp³-hybridized carbons (Fsp3) is 0.385. The molecule has 1 N–H and O–H groups in total. The van der Waals surface area contributed by atoms with Crippen molar-refractivity contribution in [2.75, 3.05) is 20.8 Å². The lowest BCUT2D eigenvalue weighted by molar-refractivity contribution is -0.0728. The van der Waals surface area contributed by atoms with Gasteiger partial charge in [-0.25, -0.2) is 0 Å². The van der Waals surface area contributed by atoms with Gasteiger partial charge in [-0.3, -0.25) is 0 Å². The van der Waals surface area contributed by atoms with Gasteiger partial charge in [0.25, 0.3) is 0 Å². The molecule has 0 unspecified atom stereocenters. The Labute approximate surface area is 188 Å². The Bertz CT molecular complexity index is 1110. The first-order valence-corrected chi connectivity index (χ1v) is 10.8. The molecule has 5 rings (SSSR count). The van der Waals surface area contributed by atoms with Crippen LogP contribution in [-0.4, -0.2) is 38.1 Å². The van der Waals surface area contributed by atoms with Gasteiger partial charge in [0.1, 0.15) is 41.7 Å². The molecule has 4 atom stereocenters. The molecule has 3 aliphatic rings. The van der Waals surface area contributed by atoms with Gasteiger partial charge < -0.3 is 28.8 Å². The number of hydrogen-bond acceptors (Lipinski definition) is 6. The molecule has 168 valence electrons. The maximum absolute atomic E-state index is 12.2. The lowest BCUT2D eigenvalue weighted by atomic mass is 9.69. The molecule has 3 aliphatic heterocycles. The number of aliphatic hydroxyl groups is 1. The van der Waals surface area contributed by atoms with Crippen LogP contribution in [0.5, 0.6) is 28.7 Å². The Kier molecular flexibility index (Phi) is 4.86. The summed E-state index contributed by atoms with van der Waals surface area (Å²) in [6.07, 6.45) is 2.31. The summed E-state index contributed by atoms with van der Waals surface area (Å²) >= 11 is 0. The van der Waals surface area contributed by atoms with Crippen LogP contribution < -0.4 is 23.7 Å². The third-order valence-corrected chi connectivity index (χ3v) is 6.76. The number of methoxy groups -OCH3 is 2. The van der Waals surface area contributed by atoms with Crippen LogP contribution in [0, 0.1) is 0 Å². The third-order valence-electron chi connectivity index (χ3n) is 6.76. The Hall–Kier alpha value is -3.12. The maximum atomic E-state index is 12.2. The molecule has 0 radical (unpaired) electrons. The topological polar surface area (TPSA) is 66.4 Å². The summed E-state index contributed by atoms with van der Waals surface area (Å²) in [6.45, 7) is 10.2. The van der Waals surface area contributed by atoms with Crippen molar-refractivity contribution in [2.45, 2.75) is 43.5 Å². The number of hydrogen-bond donors (Lipinski definition) is 1. The van der Waals surface area contributed by atoms with Gasteiger partial charge in [0, 0.05) is 29.2 Å². The zero-order chi connectivity index (χ0) is 22.6. The van der Waals surface area contributed by atoms with Crippen molar-refractivity contribution in [3.05, 3.63) is 65.8 Å². The summed E-state index contributed by atoms with van der Waals surface area (Å²) in [7, 11) is 3.18. The summed E-state index contributed by atoms with van der Waals surface area (Å²) in [4.78, 5) is 0. The Balaban J connectivity index is 1.67. The van der Waals surface area contributed by atoms with E-state index in [1.165, 1.54) is 0 Å². The molecule has 6 heteroatoms. The van der Waals surface area contributed by atoms with E-state index in [0.29, 0.717) is 42.4 Å². The molecule has 0 saturated heterocycles. The molecule has 0 saturated carbocycles. The first-order valence-electron chi connectivity index (χ1n) is 10.8. The largest absolute Gasteiger partial charge is 0.493 e. The summed E-state index contributed by atoms with van der Waals surface area (Å²) in [6, 6.07) is 7.51. The summed E-state index contributed by atoms with van der Waals surface area (Å²) in [5.41, 5.74) is 2.26. The second-order valence-electron chi connectivity index (χ2n) is 8.68. The van der Waals surface area contributed by atoms with Gasteiger partial charge in [-0.15, -0.1) is 6.58 Å². The highest BCUT2D eigenvalue weighted by atomic mass is 16.5. The van der Waals surface area contributed by atoms with Crippen molar-refractivity contribution in [2.24, 2.45) is 0 Å². The molecule has 0 aliphatic carbocycles. The van der Waals surface area contributed by atoms with E-state index in [1.807, 2.05) is 31.2 Å². The molecular formula is C26H28O6. The van der Waals surface area contributed by atoms with Crippen molar-refractivity contribution in [1.29, 1.82) is 0 Å². The predicted molar refractivity (Wildman–Crippen MR) is 120 cm³/mol. The van der Waals surface area contributed by atoms with Crippen LogP contribution in [-0.2, 0) is 12.0 Å². The van der Waals surface area contributed by atoms with Crippen LogP contribution in [0.1, 0.15) is 36.0 Å². The van der Waals surface area contributed by atoms with Crippen molar-refractivity contribution >= 4 is 0 Å². The molecule has 0 spiro atoms. The number of fused-ring (bicyclic) bond motifs is 6. The Morgan fingerprint density at radius 1 is 1.19 bits per heavy atom. The minimum atomic E-state index is -1.23. The average molecular weight is 437 g/mol. The molecular weight excluding hydrogens is 408 g/mol. The molecule has 0 aromatic heterocycles. The first kappa shape index (κ1) is 20.8. The second kappa shape index (κ2) is 7.48. The molecule has 2 aromatic carbocycles. The Morgan fingerprint density at radius 2 is 1.94 bits per heavy atom. The van der Waals surface area contributed by atoms with Crippen LogP contribution >= 0.6 is 0 Å². The SMILES string of the molecule is C=CC[C@@]1(O)c2ccc3c(c2O[C@@H]2COc4cc(OC)c(OC)cc4[C@@H]21)C[C@H](C(=C)C)O3. The number of benzene rings is 2. The lowest BCUT2D eigenvalue weighted by Gasteiger charge is -2.48. The second-order valence-corrected chi connectivity index (χ2v) is 8.68. The van der Waals surface area contributed by atoms with Crippen molar-refractivity contribution < 1.29 is 28.8 Å². The fourth-order valence-corrected chi connectivity index (χ4v) is 5.20. The van der Waals surface area contributed by atoms with E-state index in [-0.39, 0.29) is 18.1 Å². The van der Waals surface area contributed by atoms with Gasteiger partial charge in [-0.05, 0) is 37.1 Å². The standard InChI is InChI=1S/C26H28O6/c1-6-9-26(27)17-7-8-18-16(11-19(31-18)14(2)3)25(17)32-23-13-30-20-12-22(29-5)21(28-4)10-15(20)24(23)26/h6-8,10,12,19,23-24,27H,1-2,9,11,13H2,3-5H3/t19-,23-,24+,26-/m1/s1. The summed E-state index contributed by atoms with van der Waals surface area (Å²) < 4.78 is 29.6. The van der Waals surface area contributed by atoms with Gasteiger partial charge in [0.15, 0.2) is 11.5 Å². The van der Waals surface area contributed by atoms with E-state index >= 15 is 0 Å². The van der Waals surface area contributed by atoms with E-state index in [4.69, 9.17) is 23.7 Å². The van der Waals surface area contributed by atoms with Crippen LogP contribution in [0.2, 0.25) is 0 Å². The van der Waals surface area contributed by atoms with Crippen LogP contribution in [0.15, 0.2) is 49.1 Å². The monoisotopic (exact) mass is 436 g/mol. The molecule has 0 fully saturated rings. The minimum Gasteiger partial charge on any atom is -0.493 e. The van der Waals surface area contributed by atoms with Gasteiger partial charge in [0.05, 0.1) is 20.1 Å². The van der Waals surface area contributed by atoms with E-state index < -0.39 is 5.60 Å². The lowest BCUT2D eigenvalue weighted by Crippen LogP contribution is -2.50. The Morgan fingerprint density at radius 3 is 2.62 bits per heavy atom. The highest BCUT2D eigenvalue weighted by Gasteiger charge is 2.53. The summed E-state index contributed by atoms with van der Waals surface area (Å²) in [5, 5.41) is 12.2. The minimum absolute atomic E-state index is 0.0922. The number of ether oxygens (including phenoxy) is 5. The molecule has 2 aromatic rings. The highest BCUT2D eigenvalue weighted by Crippen LogP contribution is 2.57. The highest BCUT2D eigenvalue weighted by molar-refractivity contribution is 5.60. The predicted octanol–water partition coefficient (Wildman–Crippen LogP) is 4.28. The van der Waals surface area contributed by atoms with Crippen LogP contribution in [0.3, 0.4) is 0 Å². The van der Waals surface area contributed by atoms with Crippen LogP contribution in [0.4, 0.5) is 0 Å². The molecule has 0 amide bonds. The van der Waals surface area contributed by atoms with E-state index in [9.17, 15) is 5.11 Å². The van der Waals surface area contributed by atoms with Gasteiger partial charge >= 0.3 is 0 Å². The molecule has 3 heterocycles. The van der Waals surface area contributed by atoms with Crippen molar-refractivity contribution in [1.82, 2.24) is 0 Å². The van der Waals surface area contributed by atoms with E-state index in [2.05, 4.69) is 13.2 Å². The molecule has 6 nitrogen and oxygen atoms in total. The average Bonchev–Trinajstić information content (AvgIpc) is 3.23. The zero-order valence-corrected chi connectivity index (χ0v) is 18.6. The normalized spacial score (nSPS) is 26.8. The smallest absolute Gasteiger partial charge is 0.164 e. The molecule has 32 heavy (non-hydrogen) atoms. The quantitative estimate of drug-likeness (QED) is 0.706.